The first-order chi connectivity index (χ1) is 11.8. The van der Waals surface area contributed by atoms with Gasteiger partial charge in [0.25, 0.3) is 0 Å². The van der Waals surface area contributed by atoms with Gasteiger partial charge in [-0.2, -0.15) is 0 Å². The smallest absolute Gasteiger partial charge is 0.0335 e. The van der Waals surface area contributed by atoms with Crippen LogP contribution in [0.15, 0.2) is 59.0 Å². The average Bonchev–Trinajstić information content (AvgIpc) is 2.61. The fourth-order valence-electron chi connectivity index (χ4n) is 4.00. The van der Waals surface area contributed by atoms with Crippen LogP contribution in [0.2, 0.25) is 0 Å². The van der Waals surface area contributed by atoms with E-state index >= 15 is 0 Å². The lowest BCUT2D eigenvalue weighted by atomic mass is 9.71. The molecule has 1 rings (SSSR count). The molecule has 0 bridgehead atoms. The van der Waals surface area contributed by atoms with Crippen LogP contribution in [-0.2, 0) is 0 Å². The van der Waals surface area contributed by atoms with Crippen LogP contribution >= 0.6 is 0 Å². The first-order valence-corrected chi connectivity index (χ1v) is 9.90. The van der Waals surface area contributed by atoms with Gasteiger partial charge in [0.2, 0.25) is 0 Å². The molecule has 25 heavy (non-hydrogen) atoms. The van der Waals surface area contributed by atoms with Crippen molar-refractivity contribution in [2.75, 3.05) is 7.05 Å². The van der Waals surface area contributed by atoms with E-state index in [2.05, 4.69) is 84.4 Å². The molecule has 0 saturated heterocycles. The Morgan fingerprint density at radius 3 is 2.08 bits per heavy atom. The summed E-state index contributed by atoms with van der Waals surface area (Å²) in [6.07, 6.45) is 17.2. The van der Waals surface area contributed by atoms with Crippen LogP contribution in [0.4, 0.5) is 0 Å². The molecule has 0 unspecified atom stereocenters. The predicted molar refractivity (Wildman–Crippen MR) is 113 cm³/mol. The van der Waals surface area contributed by atoms with Gasteiger partial charge >= 0.3 is 0 Å². The van der Waals surface area contributed by atoms with Gasteiger partial charge in [0.05, 0.1) is 0 Å². The van der Waals surface area contributed by atoms with Gasteiger partial charge in [-0.3, -0.25) is 0 Å². The second-order valence-electron chi connectivity index (χ2n) is 7.61. The summed E-state index contributed by atoms with van der Waals surface area (Å²) in [5, 5.41) is 0. The fraction of sp³-hybridized carbons (Fsp3) is 0.583. The van der Waals surface area contributed by atoms with E-state index in [-0.39, 0.29) is 0 Å². The topological polar surface area (TPSA) is 3.24 Å². The van der Waals surface area contributed by atoms with Gasteiger partial charge in [-0.05, 0) is 82.1 Å². The molecule has 0 aromatic heterocycles. The van der Waals surface area contributed by atoms with Crippen LogP contribution in [-0.4, -0.2) is 11.9 Å². The summed E-state index contributed by atoms with van der Waals surface area (Å²) >= 11 is 0. The lowest BCUT2D eigenvalue weighted by Crippen LogP contribution is -2.21. The van der Waals surface area contributed by atoms with Crippen LogP contribution in [0.1, 0.15) is 80.1 Å². The van der Waals surface area contributed by atoms with Gasteiger partial charge in [0.1, 0.15) is 0 Å². The molecule has 0 spiro atoms. The van der Waals surface area contributed by atoms with Crippen molar-refractivity contribution in [2.45, 2.75) is 80.1 Å². The van der Waals surface area contributed by atoms with Gasteiger partial charge in [0, 0.05) is 18.4 Å². The summed E-state index contributed by atoms with van der Waals surface area (Å²) in [6, 6.07) is 0. The van der Waals surface area contributed by atoms with Crippen molar-refractivity contribution in [2.24, 2.45) is 5.41 Å². The highest BCUT2D eigenvalue weighted by Gasteiger charge is 2.28. The molecule has 1 saturated carbocycles. The molecule has 1 heteroatoms. The summed E-state index contributed by atoms with van der Waals surface area (Å²) in [5.41, 5.74) is 6.72. The molecule has 1 nitrogen and oxygen atoms in total. The Morgan fingerprint density at radius 2 is 1.60 bits per heavy atom. The third-order valence-electron chi connectivity index (χ3n) is 5.98. The van der Waals surface area contributed by atoms with Crippen molar-refractivity contribution in [3.8, 4) is 0 Å². The van der Waals surface area contributed by atoms with Gasteiger partial charge in [0.15, 0.2) is 0 Å². The van der Waals surface area contributed by atoms with E-state index in [9.17, 15) is 0 Å². The minimum atomic E-state index is 0.409. The first-order valence-electron chi connectivity index (χ1n) is 9.90. The van der Waals surface area contributed by atoms with E-state index in [1.807, 2.05) is 0 Å². The molecule has 0 N–H and O–H groups in total. The van der Waals surface area contributed by atoms with E-state index in [0.717, 1.165) is 5.70 Å². The summed E-state index contributed by atoms with van der Waals surface area (Å²) in [4.78, 5) is 2.14. The van der Waals surface area contributed by atoms with Crippen molar-refractivity contribution >= 4 is 0 Å². The van der Waals surface area contributed by atoms with Crippen LogP contribution in [0.3, 0.4) is 0 Å². The molecule has 0 aromatic rings. The molecule has 1 aliphatic rings. The zero-order valence-corrected chi connectivity index (χ0v) is 17.7. The monoisotopic (exact) mass is 341 g/mol. The molecular weight excluding hydrogens is 302 g/mol. The number of hydrogen-bond donors (Lipinski definition) is 0. The number of allylic oxidation sites excluding steroid dienone is 8. The number of rotatable bonds is 7. The summed E-state index contributed by atoms with van der Waals surface area (Å²) in [6.45, 7) is 17.4. The van der Waals surface area contributed by atoms with E-state index in [1.54, 1.807) is 0 Å². The fourth-order valence-corrected chi connectivity index (χ4v) is 4.00. The minimum absolute atomic E-state index is 0.409. The maximum absolute atomic E-state index is 4.25. The Labute approximate surface area is 156 Å². The highest BCUT2D eigenvalue weighted by atomic mass is 15.1. The third kappa shape index (κ3) is 5.76. The standard InChI is InChI=1S/C24H39N/c1-9-21(6)25(8)22(7)17-19(4)23(10-2)20(5)18-24(11-3)15-13-12-14-16-24/h9-10,17-18H,7,11-16H2,1-6,8H3/b19-17-,20-18-,21-9+,23-10+. The highest BCUT2D eigenvalue weighted by Crippen LogP contribution is 2.42. The molecule has 1 fully saturated rings. The quantitative estimate of drug-likeness (QED) is 0.432. The lowest BCUT2D eigenvalue weighted by Gasteiger charge is -2.34. The molecular formula is C24H39N. The largest absolute Gasteiger partial charge is 0.349 e. The zero-order valence-electron chi connectivity index (χ0n) is 17.7. The minimum Gasteiger partial charge on any atom is -0.349 e. The maximum atomic E-state index is 4.25. The molecule has 0 aliphatic heterocycles. The Hall–Kier alpha value is -1.50. The Morgan fingerprint density at radius 1 is 1.00 bits per heavy atom. The van der Waals surface area contributed by atoms with Crippen molar-refractivity contribution in [1.82, 2.24) is 4.90 Å². The van der Waals surface area contributed by atoms with Crippen molar-refractivity contribution in [3.05, 3.63) is 59.0 Å². The summed E-state index contributed by atoms with van der Waals surface area (Å²) in [7, 11) is 2.08. The SMILES string of the molecule is C=C(\C=C(C)/C(=C\C)C(/C)=C\C1(CC)CCCCC1)N(C)/C(C)=C/C. The average molecular weight is 342 g/mol. The van der Waals surface area contributed by atoms with Gasteiger partial charge in [-0.1, -0.05) is 51.0 Å². The predicted octanol–water partition coefficient (Wildman–Crippen LogP) is 7.56. The Kier molecular flexibility index (Phi) is 8.48. The second-order valence-corrected chi connectivity index (χ2v) is 7.61. The third-order valence-corrected chi connectivity index (χ3v) is 5.98. The first kappa shape index (κ1) is 21.5. The molecule has 1 aliphatic carbocycles. The van der Waals surface area contributed by atoms with Crippen LogP contribution < -0.4 is 0 Å². The normalized spacial score (nSPS) is 19.8. The number of likely N-dealkylation sites (N-methyl/N-ethyl adjacent to an activating group) is 1. The summed E-state index contributed by atoms with van der Waals surface area (Å²) < 4.78 is 0. The molecule has 0 heterocycles. The molecule has 140 valence electrons. The zero-order chi connectivity index (χ0) is 19.0. The highest BCUT2D eigenvalue weighted by molar-refractivity contribution is 5.47. The second kappa shape index (κ2) is 9.85. The molecule has 0 atom stereocenters. The van der Waals surface area contributed by atoms with Crippen molar-refractivity contribution < 1.29 is 0 Å². The van der Waals surface area contributed by atoms with Crippen LogP contribution in [0, 0.1) is 5.41 Å². The van der Waals surface area contributed by atoms with Gasteiger partial charge < -0.3 is 4.90 Å². The summed E-state index contributed by atoms with van der Waals surface area (Å²) in [5.74, 6) is 0. The maximum Gasteiger partial charge on any atom is 0.0335 e. The lowest BCUT2D eigenvalue weighted by molar-refractivity contribution is 0.247. The number of hydrogen-bond acceptors (Lipinski definition) is 1. The van der Waals surface area contributed by atoms with Crippen molar-refractivity contribution in [3.63, 3.8) is 0 Å². The molecule has 0 aromatic carbocycles. The van der Waals surface area contributed by atoms with Crippen LogP contribution in [0.5, 0.6) is 0 Å². The van der Waals surface area contributed by atoms with Gasteiger partial charge in [-0.15, -0.1) is 0 Å². The molecule has 0 amide bonds. The number of nitrogens with zero attached hydrogens (tertiary/aromatic N) is 1. The van der Waals surface area contributed by atoms with E-state index in [1.165, 1.54) is 60.9 Å². The molecule has 0 radical (unpaired) electrons. The van der Waals surface area contributed by atoms with E-state index in [0.29, 0.717) is 5.41 Å². The Balaban J connectivity index is 3.05. The van der Waals surface area contributed by atoms with E-state index < -0.39 is 0 Å². The van der Waals surface area contributed by atoms with E-state index in [4.69, 9.17) is 0 Å². The van der Waals surface area contributed by atoms with Gasteiger partial charge in [-0.25, -0.2) is 0 Å². The Bertz CT molecular complexity index is 577. The van der Waals surface area contributed by atoms with Crippen LogP contribution in [0.25, 0.3) is 0 Å². The van der Waals surface area contributed by atoms with Crippen molar-refractivity contribution in [1.29, 1.82) is 0 Å².